The highest BCUT2D eigenvalue weighted by atomic mass is 35.5. The van der Waals surface area contributed by atoms with Gasteiger partial charge in [0.05, 0.1) is 5.56 Å². The summed E-state index contributed by atoms with van der Waals surface area (Å²) in [5, 5.41) is 0.0623. The second kappa shape index (κ2) is 5.69. The molecule has 1 aromatic rings. The molecule has 1 saturated heterocycles. The van der Waals surface area contributed by atoms with Crippen molar-refractivity contribution in [1.82, 2.24) is 0 Å². The first-order valence-corrected chi connectivity index (χ1v) is 6.47. The molecule has 2 rings (SSSR count). The maximum atomic E-state index is 12.7. The molecule has 106 valence electrons. The van der Waals surface area contributed by atoms with Crippen LogP contribution in [-0.2, 0) is 10.9 Å². The van der Waals surface area contributed by atoms with Gasteiger partial charge in [-0.3, -0.25) is 0 Å². The molecule has 1 aliphatic heterocycles. The van der Waals surface area contributed by atoms with Gasteiger partial charge in [0.25, 0.3) is 0 Å². The van der Waals surface area contributed by atoms with Crippen LogP contribution in [0, 0.1) is 5.92 Å². The summed E-state index contributed by atoms with van der Waals surface area (Å²) in [5.74, 6) is 0.133. The summed E-state index contributed by atoms with van der Waals surface area (Å²) in [7, 11) is 0. The smallest absolute Gasteiger partial charge is 0.381 e. The Kier molecular flexibility index (Phi) is 4.38. The molecule has 0 unspecified atom stereocenters. The summed E-state index contributed by atoms with van der Waals surface area (Å²) in [6.07, 6.45) is -2.89. The summed E-state index contributed by atoms with van der Waals surface area (Å²) < 4.78 is 43.4. The van der Waals surface area contributed by atoms with E-state index in [0.29, 0.717) is 18.8 Å². The lowest BCUT2D eigenvalue weighted by atomic mass is 9.87. The molecule has 1 aromatic carbocycles. The third kappa shape index (κ3) is 3.61. The molecule has 0 aliphatic carbocycles. The SMILES string of the molecule is N[C@@H](c1cc(Cl)cc(C(F)(F)F)c1)C1CCOCC1. The van der Waals surface area contributed by atoms with Gasteiger partial charge in [0.15, 0.2) is 0 Å². The Balaban J connectivity index is 2.26. The molecule has 1 aliphatic rings. The van der Waals surface area contributed by atoms with Crippen LogP contribution in [0.2, 0.25) is 5.02 Å². The minimum Gasteiger partial charge on any atom is -0.381 e. The molecule has 2 nitrogen and oxygen atoms in total. The van der Waals surface area contributed by atoms with E-state index in [0.717, 1.165) is 25.0 Å². The number of rotatable bonds is 2. The first-order chi connectivity index (χ1) is 8.88. The Bertz CT molecular complexity index is 444. The van der Waals surface area contributed by atoms with Gasteiger partial charge in [-0.2, -0.15) is 13.2 Å². The Morgan fingerprint density at radius 1 is 1.21 bits per heavy atom. The van der Waals surface area contributed by atoms with Crippen LogP contribution < -0.4 is 5.73 Å². The van der Waals surface area contributed by atoms with E-state index in [-0.39, 0.29) is 10.9 Å². The van der Waals surface area contributed by atoms with Crippen LogP contribution in [0.4, 0.5) is 13.2 Å². The molecule has 0 radical (unpaired) electrons. The number of hydrogen-bond donors (Lipinski definition) is 1. The largest absolute Gasteiger partial charge is 0.416 e. The average molecular weight is 294 g/mol. The van der Waals surface area contributed by atoms with Crippen LogP contribution in [-0.4, -0.2) is 13.2 Å². The average Bonchev–Trinajstić information content (AvgIpc) is 2.37. The van der Waals surface area contributed by atoms with Gasteiger partial charge in [-0.1, -0.05) is 11.6 Å². The highest BCUT2D eigenvalue weighted by Crippen LogP contribution is 2.35. The summed E-state index contributed by atoms with van der Waals surface area (Å²) >= 11 is 5.76. The third-order valence-corrected chi connectivity index (χ3v) is 3.62. The van der Waals surface area contributed by atoms with E-state index in [4.69, 9.17) is 22.1 Å². The number of benzene rings is 1. The number of ether oxygens (including phenoxy) is 1. The van der Waals surface area contributed by atoms with E-state index in [9.17, 15) is 13.2 Å². The Hall–Kier alpha value is -0.780. The summed E-state index contributed by atoms with van der Waals surface area (Å²) in [6, 6.07) is 3.08. The van der Waals surface area contributed by atoms with E-state index in [1.807, 2.05) is 0 Å². The van der Waals surface area contributed by atoms with Gasteiger partial charge in [0, 0.05) is 24.3 Å². The lowest BCUT2D eigenvalue weighted by Gasteiger charge is -2.28. The third-order valence-electron chi connectivity index (χ3n) is 3.41. The number of alkyl halides is 3. The van der Waals surface area contributed by atoms with Crippen LogP contribution in [0.3, 0.4) is 0 Å². The van der Waals surface area contributed by atoms with E-state index in [2.05, 4.69) is 0 Å². The molecule has 2 N–H and O–H groups in total. The fourth-order valence-electron chi connectivity index (χ4n) is 2.32. The van der Waals surface area contributed by atoms with Gasteiger partial charge in [-0.15, -0.1) is 0 Å². The van der Waals surface area contributed by atoms with Crippen LogP contribution in [0.15, 0.2) is 18.2 Å². The normalized spacial score (nSPS) is 19.4. The fourth-order valence-corrected chi connectivity index (χ4v) is 2.56. The van der Waals surface area contributed by atoms with E-state index >= 15 is 0 Å². The second-order valence-corrected chi connectivity index (χ2v) is 5.18. The van der Waals surface area contributed by atoms with Crippen LogP contribution in [0.5, 0.6) is 0 Å². The zero-order valence-electron chi connectivity index (χ0n) is 10.2. The quantitative estimate of drug-likeness (QED) is 0.900. The zero-order chi connectivity index (χ0) is 14.0. The van der Waals surface area contributed by atoms with Gasteiger partial charge in [0.1, 0.15) is 0 Å². The Morgan fingerprint density at radius 3 is 2.42 bits per heavy atom. The molecule has 1 atom stereocenters. The molecule has 1 heterocycles. The van der Waals surface area contributed by atoms with Gasteiger partial charge in [0.2, 0.25) is 0 Å². The molecule has 0 bridgehead atoms. The van der Waals surface area contributed by atoms with E-state index in [1.54, 1.807) is 0 Å². The number of halogens is 4. The molecule has 6 heteroatoms. The van der Waals surface area contributed by atoms with E-state index in [1.165, 1.54) is 6.07 Å². The number of hydrogen-bond acceptors (Lipinski definition) is 2. The first kappa shape index (κ1) is 14.6. The van der Waals surface area contributed by atoms with Crippen molar-refractivity contribution in [3.8, 4) is 0 Å². The van der Waals surface area contributed by atoms with Gasteiger partial charge < -0.3 is 10.5 Å². The van der Waals surface area contributed by atoms with Crippen molar-refractivity contribution in [2.24, 2.45) is 11.7 Å². The molecule has 0 amide bonds. The lowest BCUT2D eigenvalue weighted by molar-refractivity contribution is -0.137. The Morgan fingerprint density at radius 2 is 1.84 bits per heavy atom. The predicted octanol–water partition coefficient (Wildman–Crippen LogP) is 3.79. The minimum absolute atomic E-state index is 0.0623. The molecule has 0 saturated carbocycles. The topological polar surface area (TPSA) is 35.2 Å². The van der Waals surface area contributed by atoms with Gasteiger partial charge in [-0.25, -0.2) is 0 Å². The molecule has 0 aromatic heterocycles. The maximum Gasteiger partial charge on any atom is 0.416 e. The van der Waals surface area contributed by atoms with Crippen LogP contribution in [0.1, 0.15) is 30.0 Å². The van der Waals surface area contributed by atoms with Crippen molar-refractivity contribution in [1.29, 1.82) is 0 Å². The Labute approximate surface area is 114 Å². The molecule has 0 spiro atoms. The lowest BCUT2D eigenvalue weighted by Crippen LogP contribution is -2.27. The molecular formula is C13H15ClF3NO. The van der Waals surface area contributed by atoms with Crippen molar-refractivity contribution < 1.29 is 17.9 Å². The first-order valence-electron chi connectivity index (χ1n) is 6.09. The molecular weight excluding hydrogens is 279 g/mol. The van der Waals surface area contributed by atoms with Crippen molar-refractivity contribution in [3.05, 3.63) is 34.3 Å². The standard InChI is InChI=1S/C13H15ClF3NO/c14-11-6-9(5-10(7-11)13(15,16)17)12(18)8-1-3-19-4-2-8/h5-8,12H,1-4,18H2/t12-/m1/s1. The highest BCUT2D eigenvalue weighted by Gasteiger charge is 2.32. The van der Waals surface area contributed by atoms with Crippen molar-refractivity contribution in [2.75, 3.05) is 13.2 Å². The van der Waals surface area contributed by atoms with Crippen LogP contribution >= 0.6 is 11.6 Å². The monoisotopic (exact) mass is 293 g/mol. The van der Waals surface area contributed by atoms with Gasteiger partial charge in [-0.05, 0) is 42.5 Å². The molecule has 19 heavy (non-hydrogen) atoms. The fraction of sp³-hybridized carbons (Fsp3) is 0.538. The summed E-state index contributed by atoms with van der Waals surface area (Å²) in [5.41, 5.74) is 5.75. The summed E-state index contributed by atoms with van der Waals surface area (Å²) in [4.78, 5) is 0. The summed E-state index contributed by atoms with van der Waals surface area (Å²) in [6.45, 7) is 1.20. The number of nitrogens with two attached hydrogens (primary N) is 1. The van der Waals surface area contributed by atoms with Crippen molar-refractivity contribution >= 4 is 11.6 Å². The minimum atomic E-state index is -4.41. The van der Waals surface area contributed by atoms with Crippen molar-refractivity contribution in [2.45, 2.75) is 25.1 Å². The van der Waals surface area contributed by atoms with E-state index < -0.39 is 17.8 Å². The van der Waals surface area contributed by atoms with Gasteiger partial charge >= 0.3 is 6.18 Å². The van der Waals surface area contributed by atoms with Crippen molar-refractivity contribution in [3.63, 3.8) is 0 Å². The maximum absolute atomic E-state index is 12.7. The highest BCUT2D eigenvalue weighted by molar-refractivity contribution is 6.30. The van der Waals surface area contributed by atoms with Crippen LogP contribution in [0.25, 0.3) is 0 Å². The predicted molar refractivity (Wildman–Crippen MR) is 66.9 cm³/mol. The molecule has 1 fully saturated rings. The zero-order valence-corrected chi connectivity index (χ0v) is 11.0. The second-order valence-electron chi connectivity index (χ2n) is 4.75.